The molecule has 2 saturated heterocycles. The smallest absolute Gasteiger partial charge is 0.227 e. The zero-order valence-corrected chi connectivity index (χ0v) is 20.5. The average molecular weight is 500 g/mol. The first-order valence-corrected chi connectivity index (χ1v) is 12.8. The number of anilines is 2. The van der Waals surface area contributed by atoms with Crippen molar-refractivity contribution in [3.8, 4) is 22.5 Å². The summed E-state index contributed by atoms with van der Waals surface area (Å²) in [6.07, 6.45) is 9.84. The Morgan fingerprint density at radius 1 is 1.05 bits per heavy atom. The molecule has 1 N–H and O–H groups in total. The van der Waals surface area contributed by atoms with Gasteiger partial charge >= 0.3 is 0 Å². The van der Waals surface area contributed by atoms with Crippen LogP contribution in [0.3, 0.4) is 0 Å². The third-order valence-corrected chi connectivity index (χ3v) is 7.26. The van der Waals surface area contributed by atoms with Crippen LogP contribution in [0.5, 0.6) is 0 Å². The number of aryl methyl sites for hydroxylation is 1. The number of nitrogens with zero attached hydrogens (tertiary/aromatic N) is 6. The van der Waals surface area contributed by atoms with Crippen LogP contribution in [0.25, 0.3) is 22.5 Å². The van der Waals surface area contributed by atoms with Gasteiger partial charge in [0.15, 0.2) is 0 Å². The van der Waals surface area contributed by atoms with Crippen molar-refractivity contribution in [3.05, 3.63) is 72.8 Å². The van der Waals surface area contributed by atoms with Crippen molar-refractivity contribution in [2.75, 3.05) is 31.6 Å². The van der Waals surface area contributed by atoms with E-state index in [2.05, 4.69) is 51.4 Å². The molecule has 2 fully saturated rings. The summed E-state index contributed by atoms with van der Waals surface area (Å²) in [7, 11) is 0. The molecule has 0 radical (unpaired) electrons. The van der Waals surface area contributed by atoms with Gasteiger partial charge in [0, 0.05) is 49.6 Å². The Morgan fingerprint density at radius 3 is 2.54 bits per heavy atom. The zero-order chi connectivity index (χ0) is 24.3. The van der Waals surface area contributed by atoms with E-state index >= 15 is 0 Å². The normalized spacial score (nSPS) is 16.7. The number of rotatable bonds is 7. The number of hydrogen-bond donors (Lipinski definition) is 1. The van der Waals surface area contributed by atoms with Crippen LogP contribution in [-0.4, -0.2) is 62.0 Å². The first-order valence-electron chi connectivity index (χ1n) is 12.8. The van der Waals surface area contributed by atoms with Crippen LogP contribution in [0.4, 0.5) is 11.6 Å². The van der Waals surface area contributed by atoms with E-state index in [0.717, 1.165) is 61.1 Å². The van der Waals surface area contributed by atoms with Gasteiger partial charge in [0.2, 0.25) is 5.95 Å². The number of benzene rings is 1. The van der Waals surface area contributed by atoms with E-state index in [9.17, 15) is 0 Å². The fourth-order valence-corrected chi connectivity index (χ4v) is 5.06. The molecule has 0 atom stereocenters. The lowest BCUT2D eigenvalue weighted by molar-refractivity contribution is -0.0712. The second-order valence-electron chi connectivity index (χ2n) is 9.50. The van der Waals surface area contributed by atoms with Gasteiger partial charge in [-0.15, -0.1) is 0 Å². The highest BCUT2D eigenvalue weighted by Gasteiger charge is 2.30. The van der Waals surface area contributed by atoms with E-state index < -0.39 is 0 Å². The third-order valence-electron chi connectivity index (χ3n) is 7.26. The zero-order valence-electron chi connectivity index (χ0n) is 20.5. The van der Waals surface area contributed by atoms with Crippen molar-refractivity contribution in [3.63, 3.8) is 0 Å². The number of likely N-dealkylation sites (tertiary alicyclic amines) is 1. The summed E-state index contributed by atoms with van der Waals surface area (Å²) in [6, 6.07) is 15.3. The molecule has 5 heterocycles. The number of pyridine rings is 1. The molecule has 3 aromatic heterocycles. The summed E-state index contributed by atoms with van der Waals surface area (Å²) >= 11 is 0. The molecule has 0 spiro atoms. The Labute approximate surface area is 220 Å². The van der Waals surface area contributed by atoms with Crippen LogP contribution in [-0.2, 0) is 11.3 Å². The van der Waals surface area contributed by atoms with Gasteiger partial charge in [-0.3, -0.25) is 14.6 Å². The molecular weight excluding hydrogens is 462 g/mol. The Balaban J connectivity index is 0.00000168. The summed E-state index contributed by atoms with van der Waals surface area (Å²) < 4.78 is 7.29. The van der Waals surface area contributed by atoms with Crippen LogP contribution >= 0.6 is 0 Å². The first kappa shape index (κ1) is 25.0. The molecule has 0 saturated carbocycles. The number of piperidine rings is 1. The Morgan fingerprint density at radius 2 is 1.86 bits per heavy atom. The molecule has 0 unspecified atom stereocenters. The van der Waals surface area contributed by atoms with E-state index in [0.29, 0.717) is 17.9 Å². The molecular formula is C29H37N7O. The van der Waals surface area contributed by atoms with Crippen molar-refractivity contribution in [2.24, 2.45) is 0 Å². The van der Waals surface area contributed by atoms with E-state index in [1.165, 1.54) is 18.4 Å². The number of nitrogens with one attached hydrogen (secondary N) is 1. The lowest BCUT2D eigenvalue weighted by Gasteiger charge is -2.41. The van der Waals surface area contributed by atoms with E-state index in [-0.39, 0.29) is 8.85 Å². The predicted octanol–water partition coefficient (Wildman–Crippen LogP) is 5.63. The summed E-state index contributed by atoms with van der Waals surface area (Å²) in [4.78, 5) is 16.1. The van der Waals surface area contributed by atoms with Crippen molar-refractivity contribution in [2.45, 2.75) is 45.7 Å². The summed E-state index contributed by atoms with van der Waals surface area (Å²) in [6.45, 7) is 6.99. The van der Waals surface area contributed by atoms with Crippen molar-refractivity contribution >= 4 is 11.6 Å². The van der Waals surface area contributed by atoms with Crippen molar-refractivity contribution in [1.29, 1.82) is 0 Å². The SMILES string of the molecule is C.CCn1cc(-c2ccnc(Nc3ccc(C4CCN(C5COC5)CC4)cc3)n2)c(-c2cccnc2)n1.[HH]. The molecule has 0 aliphatic carbocycles. The van der Waals surface area contributed by atoms with Crippen LogP contribution in [0.1, 0.15) is 40.1 Å². The molecule has 2 aliphatic rings. The molecule has 6 rings (SSSR count). The topological polar surface area (TPSA) is 81.0 Å². The number of hydrogen-bond acceptors (Lipinski definition) is 7. The summed E-state index contributed by atoms with van der Waals surface area (Å²) in [5.74, 6) is 1.19. The van der Waals surface area contributed by atoms with Gasteiger partial charge < -0.3 is 10.1 Å². The summed E-state index contributed by atoms with van der Waals surface area (Å²) in [5.41, 5.74) is 6.02. The molecule has 4 aromatic rings. The highest BCUT2D eigenvalue weighted by Crippen LogP contribution is 2.32. The molecule has 194 valence electrons. The highest BCUT2D eigenvalue weighted by atomic mass is 16.5. The Hall–Kier alpha value is -3.62. The van der Waals surface area contributed by atoms with E-state index in [4.69, 9.17) is 14.8 Å². The fraction of sp³-hybridized carbons (Fsp3) is 0.379. The molecule has 1 aromatic carbocycles. The van der Waals surface area contributed by atoms with Crippen LogP contribution in [0.2, 0.25) is 0 Å². The molecule has 0 amide bonds. The molecule has 8 nitrogen and oxygen atoms in total. The van der Waals surface area contributed by atoms with Crippen molar-refractivity contribution < 1.29 is 6.16 Å². The minimum absolute atomic E-state index is 0. The lowest BCUT2D eigenvalue weighted by Crippen LogP contribution is -2.51. The fourth-order valence-electron chi connectivity index (χ4n) is 5.06. The monoisotopic (exact) mass is 499 g/mol. The predicted molar refractivity (Wildman–Crippen MR) is 149 cm³/mol. The maximum atomic E-state index is 5.36. The van der Waals surface area contributed by atoms with E-state index in [1.54, 1.807) is 12.4 Å². The van der Waals surface area contributed by atoms with Gasteiger partial charge in [-0.05, 0) is 74.7 Å². The van der Waals surface area contributed by atoms with Crippen LogP contribution in [0, 0.1) is 0 Å². The second-order valence-corrected chi connectivity index (χ2v) is 9.50. The largest absolute Gasteiger partial charge is 0.378 e. The van der Waals surface area contributed by atoms with Gasteiger partial charge in [-0.1, -0.05) is 19.6 Å². The highest BCUT2D eigenvalue weighted by molar-refractivity contribution is 5.78. The quantitative estimate of drug-likeness (QED) is 0.353. The Kier molecular flexibility index (Phi) is 7.58. The molecule has 0 bridgehead atoms. The Bertz CT molecular complexity index is 1300. The minimum Gasteiger partial charge on any atom is -0.378 e. The van der Waals surface area contributed by atoms with Gasteiger partial charge in [0.25, 0.3) is 0 Å². The van der Waals surface area contributed by atoms with E-state index in [1.807, 2.05) is 35.3 Å². The second kappa shape index (κ2) is 11.2. The van der Waals surface area contributed by atoms with Crippen LogP contribution < -0.4 is 5.32 Å². The van der Waals surface area contributed by atoms with Gasteiger partial charge in [0.05, 0.1) is 24.9 Å². The van der Waals surface area contributed by atoms with Crippen molar-refractivity contribution in [1.82, 2.24) is 29.6 Å². The number of aromatic nitrogens is 5. The lowest BCUT2D eigenvalue weighted by atomic mass is 9.88. The number of ether oxygens (including phenoxy) is 1. The standard InChI is InChI=1S/C28H31N7O.CH4.H2/c1-2-35-17-25(27(33-35)22-4-3-12-29-16-22)26-9-13-30-28(32-26)31-23-7-5-20(6-8-23)21-10-14-34(15-11-21)24-18-36-19-24;;/h3-9,12-13,16-17,21,24H,2,10-11,14-15,18-19H2,1H3,(H,30,31,32);1H4;1H. The maximum absolute atomic E-state index is 5.36. The van der Waals surface area contributed by atoms with Crippen LogP contribution in [0.15, 0.2) is 67.3 Å². The van der Waals surface area contributed by atoms with Gasteiger partial charge in [0.1, 0.15) is 5.69 Å². The van der Waals surface area contributed by atoms with Gasteiger partial charge in [-0.25, -0.2) is 9.97 Å². The maximum Gasteiger partial charge on any atom is 0.227 e. The third kappa shape index (κ3) is 5.40. The molecule has 2 aliphatic heterocycles. The minimum atomic E-state index is 0. The van der Waals surface area contributed by atoms with Gasteiger partial charge in [-0.2, -0.15) is 5.10 Å². The molecule has 37 heavy (non-hydrogen) atoms. The average Bonchev–Trinajstić information content (AvgIpc) is 3.34. The summed E-state index contributed by atoms with van der Waals surface area (Å²) in [5, 5.41) is 8.13. The molecule has 8 heteroatoms. The first-order chi connectivity index (χ1) is 17.8.